The van der Waals surface area contributed by atoms with Gasteiger partial charge in [-0.3, -0.25) is 4.79 Å². The number of aromatic amines is 1. The molecule has 0 aliphatic heterocycles. The van der Waals surface area contributed by atoms with Crippen LogP contribution in [0.2, 0.25) is 0 Å². The van der Waals surface area contributed by atoms with E-state index in [0.29, 0.717) is 12.3 Å². The number of hydrogen-bond donors (Lipinski definition) is 3. The Morgan fingerprint density at radius 2 is 1.92 bits per heavy atom. The van der Waals surface area contributed by atoms with Crippen molar-refractivity contribution >= 4 is 20.9 Å². The molecule has 0 saturated heterocycles. The number of aryl methyl sites for hydroxylation is 1. The standard InChI is InChI=1S/C13H14F3N3O5S/c1-25(23,24)18-19-11(21)8-5-7(3-2-4-20)9(13(14,15)16)6-10(8)17-12(19)22/h5-6,18,20H,2-4H2,1H3,(H,17,22). The molecular formula is C13H14F3N3O5S. The molecule has 0 saturated carbocycles. The normalized spacial score (nSPS) is 12.5. The summed E-state index contributed by atoms with van der Waals surface area (Å²) in [5, 5.41) is 8.53. The molecule has 2 rings (SSSR count). The summed E-state index contributed by atoms with van der Waals surface area (Å²) in [4.78, 5) is 27.9. The average Bonchev–Trinajstić information content (AvgIpc) is 2.47. The predicted octanol–water partition coefficient (Wildman–Crippen LogP) is 0.137. The average molecular weight is 381 g/mol. The second-order valence-corrected chi connectivity index (χ2v) is 7.04. The summed E-state index contributed by atoms with van der Waals surface area (Å²) < 4.78 is 62.2. The lowest BCUT2D eigenvalue weighted by atomic mass is 10.00. The number of hydrogen-bond acceptors (Lipinski definition) is 5. The summed E-state index contributed by atoms with van der Waals surface area (Å²) in [5.41, 5.74) is -4.00. The highest BCUT2D eigenvalue weighted by Crippen LogP contribution is 2.34. The number of rotatable bonds is 5. The lowest BCUT2D eigenvalue weighted by molar-refractivity contribution is -0.138. The first-order valence-corrected chi connectivity index (χ1v) is 8.81. The van der Waals surface area contributed by atoms with Crippen LogP contribution in [-0.2, 0) is 22.6 Å². The topological polar surface area (TPSA) is 121 Å². The molecule has 0 radical (unpaired) electrons. The van der Waals surface area contributed by atoms with Gasteiger partial charge in [-0.2, -0.15) is 17.8 Å². The highest BCUT2D eigenvalue weighted by atomic mass is 32.2. The van der Waals surface area contributed by atoms with Crippen LogP contribution in [0.4, 0.5) is 13.2 Å². The Bertz CT molecular complexity index is 1020. The fourth-order valence-corrected chi connectivity index (χ4v) is 2.80. The van der Waals surface area contributed by atoms with Gasteiger partial charge in [0.25, 0.3) is 5.56 Å². The molecule has 0 atom stereocenters. The molecule has 0 fully saturated rings. The zero-order chi connectivity index (χ0) is 19.0. The van der Waals surface area contributed by atoms with Crippen molar-refractivity contribution in [3.8, 4) is 0 Å². The van der Waals surface area contributed by atoms with Crippen molar-refractivity contribution in [1.29, 1.82) is 0 Å². The molecule has 1 heterocycles. The van der Waals surface area contributed by atoms with E-state index in [1.54, 1.807) is 4.83 Å². The fourth-order valence-electron chi connectivity index (χ4n) is 2.30. The van der Waals surface area contributed by atoms with Crippen molar-refractivity contribution in [3.05, 3.63) is 44.1 Å². The third-order valence-corrected chi connectivity index (χ3v) is 3.80. The van der Waals surface area contributed by atoms with Crippen LogP contribution in [0.3, 0.4) is 0 Å². The number of aliphatic hydroxyl groups is 1. The maximum atomic E-state index is 13.2. The van der Waals surface area contributed by atoms with E-state index in [1.165, 1.54) is 0 Å². The molecule has 0 spiro atoms. The number of fused-ring (bicyclic) bond motifs is 1. The minimum absolute atomic E-state index is 0.0354. The third-order valence-electron chi connectivity index (χ3n) is 3.29. The van der Waals surface area contributed by atoms with Crippen LogP contribution in [0.1, 0.15) is 17.5 Å². The van der Waals surface area contributed by atoms with Crippen LogP contribution in [0, 0.1) is 0 Å². The fraction of sp³-hybridized carbons (Fsp3) is 0.385. The summed E-state index contributed by atoms with van der Waals surface area (Å²) in [6.07, 6.45) is -4.13. The molecule has 1 aromatic heterocycles. The first-order chi connectivity index (χ1) is 11.4. The number of H-pyrrole nitrogens is 1. The molecule has 138 valence electrons. The van der Waals surface area contributed by atoms with Crippen LogP contribution < -0.4 is 16.1 Å². The smallest absolute Gasteiger partial charge is 0.396 e. The monoisotopic (exact) mass is 381 g/mol. The van der Waals surface area contributed by atoms with E-state index >= 15 is 0 Å². The Morgan fingerprint density at radius 3 is 2.44 bits per heavy atom. The van der Waals surface area contributed by atoms with Gasteiger partial charge in [0.2, 0.25) is 10.0 Å². The van der Waals surface area contributed by atoms with Crippen LogP contribution >= 0.6 is 0 Å². The van der Waals surface area contributed by atoms with Crippen LogP contribution in [0.5, 0.6) is 0 Å². The Hall–Kier alpha value is -2.34. The van der Waals surface area contributed by atoms with Gasteiger partial charge in [-0.05, 0) is 30.5 Å². The lowest BCUT2D eigenvalue weighted by Crippen LogP contribution is -2.43. The highest BCUT2D eigenvalue weighted by molar-refractivity contribution is 7.91. The minimum atomic E-state index is -4.73. The SMILES string of the molecule is CS(=O)(=O)Nn1c(=O)[nH]c2cc(C(F)(F)F)c(CCCO)cc2c1=O. The van der Waals surface area contributed by atoms with E-state index in [-0.39, 0.29) is 40.6 Å². The Kier molecular flexibility index (Phi) is 4.95. The Labute approximate surface area is 138 Å². The van der Waals surface area contributed by atoms with Crippen molar-refractivity contribution in [1.82, 2.24) is 9.66 Å². The van der Waals surface area contributed by atoms with Crippen LogP contribution in [-0.4, -0.2) is 36.0 Å². The Morgan fingerprint density at radius 1 is 1.28 bits per heavy atom. The maximum Gasteiger partial charge on any atom is 0.416 e. The third kappa shape index (κ3) is 4.20. The Balaban J connectivity index is 2.80. The first-order valence-electron chi connectivity index (χ1n) is 6.92. The minimum Gasteiger partial charge on any atom is -0.396 e. The number of aromatic nitrogens is 2. The molecule has 0 aliphatic rings. The van der Waals surface area contributed by atoms with E-state index in [1.807, 2.05) is 4.98 Å². The van der Waals surface area contributed by atoms with Gasteiger partial charge in [0.1, 0.15) is 0 Å². The summed E-state index contributed by atoms with van der Waals surface area (Å²) in [6, 6.07) is 1.56. The molecule has 0 amide bonds. The molecule has 8 nitrogen and oxygen atoms in total. The number of sulfonamides is 1. The van der Waals surface area contributed by atoms with E-state index in [2.05, 4.69) is 0 Å². The van der Waals surface area contributed by atoms with Gasteiger partial charge in [0, 0.05) is 6.61 Å². The van der Waals surface area contributed by atoms with Gasteiger partial charge >= 0.3 is 11.9 Å². The van der Waals surface area contributed by atoms with Crippen LogP contribution in [0.15, 0.2) is 21.7 Å². The van der Waals surface area contributed by atoms with Crippen molar-refractivity contribution in [3.63, 3.8) is 0 Å². The molecule has 3 N–H and O–H groups in total. The molecule has 12 heteroatoms. The van der Waals surface area contributed by atoms with E-state index in [0.717, 1.165) is 6.07 Å². The zero-order valence-electron chi connectivity index (χ0n) is 12.8. The van der Waals surface area contributed by atoms with E-state index in [4.69, 9.17) is 5.11 Å². The van der Waals surface area contributed by atoms with Gasteiger partial charge in [-0.15, -0.1) is 0 Å². The molecule has 0 aliphatic carbocycles. The van der Waals surface area contributed by atoms with Gasteiger partial charge in [-0.25, -0.2) is 18.0 Å². The van der Waals surface area contributed by atoms with Gasteiger partial charge in [0.05, 0.1) is 22.7 Å². The van der Waals surface area contributed by atoms with E-state index < -0.39 is 33.0 Å². The summed E-state index contributed by atoms with van der Waals surface area (Å²) >= 11 is 0. The second-order valence-electron chi connectivity index (χ2n) is 5.31. The summed E-state index contributed by atoms with van der Waals surface area (Å²) in [7, 11) is -3.97. The molecule has 0 bridgehead atoms. The highest BCUT2D eigenvalue weighted by Gasteiger charge is 2.34. The van der Waals surface area contributed by atoms with Gasteiger partial charge in [0.15, 0.2) is 0 Å². The quantitative estimate of drug-likeness (QED) is 0.680. The molecule has 2 aromatic rings. The molecule has 25 heavy (non-hydrogen) atoms. The zero-order valence-corrected chi connectivity index (χ0v) is 13.7. The number of nitrogens with one attached hydrogen (secondary N) is 2. The van der Waals surface area contributed by atoms with Gasteiger partial charge in [-0.1, -0.05) is 0 Å². The first kappa shape index (κ1) is 19.0. The summed E-state index contributed by atoms with van der Waals surface area (Å²) in [5.74, 6) is 0. The maximum absolute atomic E-state index is 13.2. The molecule has 1 aromatic carbocycles. The van der Waals surface area contributed by atoms with E-state index in [9.17, 15) is 31.2 Å². The number of halogens is 3. The molecular weight excluding hydrogens is 367 g/mol. The van der Waals surface area contributed by atoms with Crippen LogP contribution in [0.25, 0.3) is 10.9 Å². The second kappa shape index (κ2) is 6.52. The number of alkyl halides is 3. The molecule has 0 unspecified atom stereocenters. The van der Waals surface area contributed by atoms with Crippen molar-refractivity contribution in [2.75, 3.05) is 17.7 Å². The van der Waals surface area contributed by atoms with Crippen molar-refractivity contribution < 1.29 is 26.7 Å². The van der Waals surface area contributed by atoms with Crippen molar-refractivity contribution in [2.24, 2.45) is 0 Å². The predicted molar refractivity (Wildman–Crippen MR) is 83.4 cm³/mol. The summed E-state index contributed by atoms with van der Waals surface area (Å²) in [6.45, 7) is -0.346. The van der Waals surface area contributed by atoms with Crippen molar-refractivity contribution in [2.45, 2.75) is 19.0 Å². The lowest BCUT2D eigenvalue weighted by Gasteiger charge is -2.14. The number of nitrogens with zero attached hydrogens (tertiary/aromatic N) is 1. The van der Waals surface area contributed by atoms with Gasteiger partial charge < -0.3 is 10.1 Å². The number of benzene rings is 1. The largest absolute Gasteiger partial charge is 0.416 e. The number of aliphatic hydroxyl groups excluding tert-OH is 1.